The maximum atomic E-state index is 15.6. The van der Waals surface area contributed by atoms with E-state index >= 15 is 14.4 Å². The molecule has 0 saturated carbocycles. The van der Waals surface area contributed by atoms with Crippen molar-refractivity contribution in [1.82, 2.24) is 56.1 Å². The summed E-state index contributed by atoms with van der Waals surface area (Å²) in [5, 5.41) is 29.0. The molecule has 0 radical (unpaired) electrons. The fourth-order valence-corrected chi connectivity index (χ4v) is 15.2. The molecule has 0 spiro atoms. The highest BCUT2D eigenvalue weighted by atomic mass is 32.2. The first-order valence-electron chi connectivity index (χ1n) is 36.1. The third-order valence-corrected chi connectivity index (χ3v) is 20.5. The van der Waals surface area contributed by atoms with Gasteiger partial charge in [-0.1, -0.05) is 140 Å². The molecule has 6 aromatic carbocycles. The highest BCUT2D eigenvalue weighted by molar-refractivity contribution is 7.90. The number of aromatic nitrogens is 3. The number of carbonyl (C=O) groups is 8. The number of hydrogen-bond donors (Lipinski definition) is 10. The number of guanidine groups is 1. The highest BCUT2D eigenvalue weighted by Crippen LogP contribution is 2.44. The number of rotatable bonds is 33. The number of benzene rings is 6. The Morgan fingerprint density at radius 3 is 1.74 bits per heavy atom. The van der Waals surface area contributed by atoms with Crippen molar-refractivity contribution >= 4 is 74.3 Å². The number of nitrogens with two attached hydrogens (primary N) is 1. The van der Waals surface area contributed by atoms with Crippen molar-refractivity contribution < 1.29 is 56.2 Å². The minimum atomic E-state index is -4.37. The summed E-state index contributed by atoms with van der Waals surface area (Å²) < 4.78 is 46.0. The van der Waals surface area contributed by atoms with Gasteiger partial charge in [0.1, 0.15) is 52.7 Å². The lowest BCUT2D eigenvalue weighted by Gasteiger charge is -2.37. The van der Waals surface area contributed by atoms with Crippen molar-refractivity contribution in [3.05, 3.63) is 220 Å². The highest BCUT2D eigenvalue weighted by Gasteiger charge is 2.41. The Morgan fingerprint density at radius 1 is 0.648 bits per heavy atom. The van der Waals surface area contributed by atoms with Gasteiger partial charge in [-0.25, -0.2) is 22.9 Å². The van der Waals surface area contributed by atoms with Gasteiger partial charge in [-0.05, 0) is 138 Å². The lowest BCUT2D eigenvalue weighted by molar-refractivity contribution is -0.135. The van der Waals surface area contributed by atoms with Crippen LogP contribution >= 0.6 is 0 Å². The van der Waals surface area contributed by atoms with Gasteiger partial charge < -0.3 is 57.0 Å². The van der Waals surface area contributed by atoms with Crippen molar-refractivity contribution in [2.75, 3.05) is 13.1 Å². The van der Waals surface area contributed by atoms with Crippen LogP contribution in [0.2, 0.25) is 0 Å². The average molecular weight is 1490 g/mol. The lowest BCUT2D eigenvalue weighted by atomic mass is 9.77. The first-order valence-corrected chi connectivity index (χ1v) is 37.6. The van der Waals surface area contributed by atoms with Crippen LogP contribution in [0.4, 0.5) is 4.79 Å². The Balaban J connectivity index is 1.04. The van der Waals surface area contributed by atoms with Gasteiger partial charge in [-0.2, -0.15) is 0 Å². The maximum absolute atomic E-state index is 15.6. The summed E-state index contributed by atoms with van der Waals surface area (Å²) in [6.07, 6.45) is 10.4. The second-order valence-corrected chi connectivity index (χ2v) is 30.4. The Kier molecular flexibility index (Phi) is 26.6. The van der Waals surface area contributed by atoms with Crippen molar-refractivity contribution in [2.24, 2.45) is 5.73 Å². The zero-order valence-electron chi connectivity index (χ0n) is 62.5. The quantitative estimate of drug-likeness (QED) is 0.00612. The second-order valence-electron chi connectivity index (χ2n) is 28.8. The summed E-state index contributed by atoms with van der Waals surface area (Å²) in [4.78, 5) is 119. The molecule has 1 aliphatic heterocycles. The fraction of sp³-hybridized carbons (Fsp3) is 0.366. The molecule has 5 atom stereocenters. The number of amides is 7. The normalized spacial score (nSPS) is 13.9. The zero-order chi connectivity index (χ0) is 78.1. The Labute approximate surface area is 630 Å². The van der Waals surface area contributed by atoms with E-state index < -0.39 is 104 Å². The number of fused-ring (bicyclic) bond motifs is 2. The Bertz CT molecular complexity index is 4650. The third-order valence-electron chi connectivity index (χ3n) is 18.9. The van der Waals surface area contributed by atoms with Crippen molar-refractivity contribution in [1.29, 1.82) is 5.41 Å². The predicted molar refractivity (Wildman–Crippen MR) is 412 cm³/mol. The van der Waals surface area contributed by atoms with E-state index in [4.69, 9.17) is 32.0 Å². The Morgan fingerprint density at radius 2 is 1.17 bits per heavy atom. The van der Waals surface area contributed by atoms with Gasteiger partial charge in [0.15, 0.2) is 0 Å². The van der Waals surface area contributed by atoms with E-state index in [9.17, 15) is 32.4 Å². The molecule has 11 N–H and O–H groups in total. The summed E-state index contributed by atoms with van der Waals surface area (Å²) in [6.45, 7) is 15.5. The molecule has 26 heteroatoms. The predicted octanol–water partition coefficient (Wildman–Crippen LogP) is 8.04. The van der Waals surface area contributed by atoms with Crippen LogP contribution in [0.15, 0.2) is 169 Å². The molecule has 0 bridgehead atoms. The van der Waals surface area contributed by atoms with Gasteiger partial charge in [0.05, 0.1) is 22.4 Å². The van der Waals surface area contributed by atoms with Crippen LogP contribution in [-0.4, -0.2) is 130 Å². The average Bonchev–Trinajstić information content (AvgIpc) is 1.39. The molecular weight excluding hydrogens is 1390 g/mol. The molecule has 108 heavy (non-hydrogen) atoms. The van der Waals surface area contributed by atoms with E-state index in [2.05, 4.69) is 47.9 Å². The van der Waals surface area contributed by atoms with Gasteiger partial charge in [0.25, 0.3) is 10.0 Å². The molecule has 3 heterocycles. The van der Waals surface area contributed by atoms with Crippen molar-refractivity contribution in [2.45, 2.75) is 185 Å². The molecule has 1 aliphatic rings. The number of ether oxygens (including phenoxy) is 2. The number of terminal acetylenes is 1. The maximum Gasteiger partial charge on any atom is 0.419 e. The van der Waals surface area contributed by atoms with E-state index in [1.807, 2.05) is 109 Å². The number of nitrogens with zero attached hydrogens (tertiary/aromatic N) is 3. The third kappa shape index (κ3) is 20.3. The van der Waals surface area contributed by atoms with Crippen LogP contribution in [0.5, 0.6) is 5.75 Å². The minimum Gasteiger partial charge on any atom is -0.487 e. The van der Waals surface area contributed by atoms with E-state index in [0.717, 1.165) is 22.3 Å². The van der Waals surface area contributed by atoms with Gasteiger partial charge in [-0.3, -0.25) is 43.5 Å². The molecule has 0 fully saturated rings. The lowest BCUT2D eigenvalue weighted by Crippen LogP contribution is -2.60. The summed E-state index contributed by atoms with van der Waals surface area (Å²) in [5.41, 5.74) is 10.4. The van der Waals surface area contributed by atoms with Crippen LogP contribution in [0.3, 0.4) is 0 Å². The smallest absolute Gasteiger partial charge is 0.419 e. The summed E-state index contributed by atoms with van der Waals surface area (Å²) >= 11 is 0. The van der Waals surface area contributed by atoms with E-state index in [1.54, 1.807) is 109 Å². The molecule has 0 aliphatic carbocycles. The Hall–Kier alpha value is -11.6. The molecule has 0 unspecified atom stereocenters. The number of nitrogens with one attached hydrogen (secondary N) is 9. The first kappa shape index (κ1) is 80.5. The summed E-state index contributed by atoms with van der Waals surface area (Å²) in [5.74, 6) is -2.66. The molecule has 2 aromatic heterocycles. The number of para-hydroxylation sites is 1. The summed E-state index contributed by atoms with van der Waals surface area (Å²) in [7, 11) is -4.37. The number of imidazole rings is 1. The second kappa shape index (κ2) is 35.7. The van der Waals surface area contributed by atoms with Crippen LogP contribution in [0, 0.1) is 38.5 Å². The minimum absolute atomic E-state index is 0.0103. The van der Waals surface area contributed by atoms with Gasteiger partial charge in [0, 0.05) is 81.9 Å². The van der Waals surface area contributed by atoms with Crippen molar-refractivity contribution in [3.8, 4) is 18.1 Å². The van der Waals surface area contributed by atoms with Crippen LogP contribution in [0.1, 0.15) is 142 Å². The SMILES string of the molecule is C#CCCC(=O)NCCCC[C@H](NC(C)=O)C(=O)N[C@@H](Cc1cn(C(c2ccccc2)(c2ccccc2)c2ccccc2)cn1)C(=O)N[C@H](Cc1ccccc1)C(=O)N[C@@H](CCCNC(=N)NS(=O)(=O)c1c(C)c(C)c2c(c1C)CC(C)(C)O2)C(=O)N[C@@H](Cc1cn(C(=O)OC(C)(C)C)c2ccccc12)C(N)=O. The number of primary amides is 1. The molecule has 9 rings (SSSR count). The van der Waals surface area contributed by atoms with E-state index in [0.29, 0.717) is 69.4 Å². The zero-order valence-corrected chi connectivity index (χ0v) is 63.3. The molecule has 0 saturated heterocycles. The number of sulfonamides is 1. The van der Waals surface area contributed by atoms with E-state index in [1.165, 1.54) is 17.7 Å². The van der Waals surface area contributed by atoms with Gasteiger partial charge in [0.2, 0.25) is 47.3 Å². The van der Waals surface area contributed by atoms with Gasteiger partial charge >= 0.3 is 6.09 Å². The van der Waals surface area contributed by atoms with Crippen LogP contribution < -0.4 is 52.4 Å². The standard InChI is InChI=1S/C82H97N13O12S/c1-11-12-42-70(97)85-43-28-27-39-64(88-55(5)96)74(99)92-68(47-61-50-94(51-87-61)82(58-32-19-14-20-33-58,59-34-21-15-22-35-59)60-36-23-16-24-37-60)77(102)91-67(45-56-30-17-13-18-31-56)76(101)89-65(40-29-44-86-78(84)93-108(104,105)72-53(3)52(2)71-63(54(72)4)48-81(9,10)106-71)75(100)90-66(73(83)98)46-57-49-95(79(103)107-80(6,7)8)69-41-26-25-38-62(57)69/h1,13-26,30-38,41,49-51,64-68H,12,27-29,39-40,42-48H2,2-10H3,(H2,83,98)(H,85,97)(H,88,96)(H,89,101)(H,90,100)(H,91,102)(H,92,99)(H3,84,86,93)/t64-,65-,66-,67+,68-/m0/s1. The molecule has 25 nitrogen and oxygen atoms in total. The van der Waals surface area contributed by atoms with E-state index in [-0.39, 0.29) is 75.3 Å². The molecule has 8 aromatic rings. The number of hydrogen-bond acceptors (Lipinski definition) is 14. The largest absolute Gasteiger partial charge is 0.487 e. The first-order chi connectivity index (χ1) is 51.4. The molecular formula is C82H97N13O12S. The number of unbranched alkanes of at least 4 members (excludes halogenated alkanes) is 1. The molecule has 7 amide bonds. The molecule has 568 valence electrons. The van der Waals surface area contributed by atoms with Gasteiger partial charge in [-0.15, -0.1) is 12.3 Å². The fourth-order valence-electron chi connectivity index (χ4n) is 13.7. The topological polar surface area (TPSA) is 358 Å². The van der Waals surface area contributed by atoms with Crippen molar-refractivity contribution in [3.63, 3.8) is 0 Å². The van der Waals surface area contributed by atoms with Crippen LogP contribution in [-0.2, 0) is 79.5 Å². The number of carbonyl (C=O) groups excluding carboxylic acids is 8. The summed E-state index contributed by atoms with van der Waals surface area (Å²) in [6, 6.07) is 37.8. The monoisotopic (exact) mass is 1490 g/mol. The van der Waals surface area contributed by atoms with Crippen LogP contribution in [0.25, 0.3) is 10.9 Å².